The molecule has 2 aromatic rings. The highest BCUT2D eigenvalue weighted by atomic mass is 79.9. The lowest BCUT2D eigenvalue weighted by Crippen LogP contribution is -2.08. The van der Waals surface area contributed by atoms with Crippen LogP contribution in [0.5, 0.6) is 0 Å². The number of thiophene rings is 1. The number of aromatic nitrogens is 1. The molecule has 2 rings (SSSR count). The number of aliphatic carboxylic acids is 1. The van der Waals surface area contributed by atoms with Gasteiger partial charge in [0.1, 0.15) is 4.21 Å². The Morgan fingerprint density at radius 1 is 1.37 bits per heavy atom. The summed E-state index contributed by atoms with van der Waals surface area (Å²) in [6.07, 6.45) is 5.03. The van der Waals surface area contributed by atoms with Crippen molar-refractivity contribution in [2.24, 2.45) is 0 Å². The summed E-state index contributed by atoms with van der Waals surface area (Å²) in [4.78, 5) is 10.4. The highest BCUT2D eigenvalue weighted by molar-refractivity contribution is 9.11. The van der Waals surface area contributed by atoms with E-state index in [2.05, 4.69) is 15.9 Å². The SMILES string of the molecule is O=C(O)/C=C/c1ccn(S(=O)(=O)c2ccc(Br)s2)c1. The fraction of sp³-hybridized carbons (Fsp3) is 0. The summed E-state index contributed by atoms with van der Waals surface area (Å²) in [5.41, 5.74) is 0.501. The molecule has 0 spiro atoms. The summed E-state index contributed by atoms with van der Waals surface area (Å²) in [7, 11) is -3.61. The minimum atomic E-state index is -3.61. The Bertz CT molecular complexity index is 742. The molecule has 100 valence electrons. The molecule has 0 aliphatic rings. The summed E-state index contributed by atoms with van der Waals surface area (Å²) >= 11 is 4.32. The number of rotatable bonds is 4. The fourth-order valence-electron chi connectivity index (χ4n) is 1.35. The first-order valence-electron chi connectivity index (χ1n) is 4.99. The fourth-order valence-corrected chi connectivity index (χ4v) is 4.67. The van der Waals surface area contributed by atoms with Crippen LogP contribution in [0.15, 0.2) is 44.7 Å². The van der Waals surface area contributed by atoms with E-state index >= 15 is 0 Å². The third-order valence-electron chi connectivity index (χ3n) is 2.19. The van der Waals surface area contributed by atoms with Crippen LogP contribution < -0.4 is 0 Å². The second-order valence-electron chi connectivity index (χ2n) is 3.51. The lowest BCUT2D eigenvalue weighted by molar-refractivity contribution is -0.131. The van der Waals surface area contributed by atoms with Gasteiger partial charge in [0.15, 0.2) is 0 Å². The van der Waals surface area contributed by atoms with Crippen LogP contribution in [0.4, 0.5) is 0 Å². The number of hydrogen-bond donors (Lipinski definition) is 1. The molecule has 0 saturated heterocycles. The number of hydrogen-bond acceptors (Lipinski definition) is 4. The highest BCUT2D eigenvalue weighted by Gasteiger charge is 2.18. The Hall–Kier alpha value is -1.38. The van der Waals surface area contributed by atoms with Crippen molar-refractivity contribution in [3.8, 4) is 0 Å². The predicted octanol–water partition coefficient (Wildman–Crippen LogP) is 2.65. The number of carboxylic acid groups (broad SMARTS) is 1. The van der Waals surface area contributed by atoms with Gasteiger partial charge < -0.3 is 5.11 Å². The van der Waals surface area contributed by atoms with E-state index in [0.717, 1.165) is 25.2 Å². The van der Waals surface area contributed by atoms with Crippen LogP contribution in [0.1, 0.15) is 5.56 Å². The van der Waals surface area contributed by atoms with E-state index in [9.17, 15) is 13.2 Å². The Kier molecular flexibility index (Phi) is 3.93. The monoisotopic (exact) mass is 361 g/mol. The lowest BCUT2D eigenvalue weighted by Gasteiger charge is -2.01. The maximum Gasteiger partial charge on any atom is 0.328 e. The minimum Gasteiger partial charge on any atom is -0.478 e. The average Bonchev–Trinajstić information content (AvgIpc) is 2.95. The van der Waals surface area contributed by atoms with Gasteiger partial charge in [0.25, 0.3) is 10.0 Å². The molecule has 8 heteroatoms. The van der Waals surface area contributed by atoms with Gasteiger partial charge in [-0.05, 0) is 45.8 Å². The molecule has 0 fully saturated rings. The van der Waals surface area contributed by atoms with Crippen LogP contribution in [-0.4, -0.2) is 23.5 Å². The molecule has 19 heavy (non-hydrogen) atoms. The van der Waals surface area contributed by atoms with Gasteiger partial charge in [-0.25, -0.2) is 8.77 Å². The number of nitrogens with zero attached hydrogens (tertiary/aromatic N) is 1. The van der Waals surface area contributed by atoms with Crippen LogP contribution in [0.3, 0.4) is 0 Å². The van der Waals surface area contributed by atoms with Crippen LogP contribution >= 0.6 is 27.3 Å². The van der Waals surface area contributed by atoms with E-state index in [4.69, 9.17) is 5.11 Å². The zero-order chi connectivity index (χ0) is 14.0. The van der Waals surface area contributed by atoms with Gasteiger partial charge in [0, 0.05) is 18.5 Å². The smallest absolute Gasteiger partial charge is 0.328 e. The van der Waals surface area contributed by atoms with Crippen LogP contribution in [-0.2, 0) is 14.8 Å². The first kappa shape index (κ1) is 14.0. The first-order valence-corrected chi connectivity index (χ1v) is 8.04. The van der Waals surface area contributed by atoms with Gasteiger partial charge in [0.2, 0.25) is 0 Å². The van der Waals surface area contributed by atoms with E-state index in [1.807, 2.05) is 0 Å². The van der Waals surface area contributed by atoms with Crippen molar-refractivity contribution in [1.29, 1.82) is 0 Å². The van der Waals surface area contributed by atoms with Crippen molar-refractivity contribution in [2.45, 2.75) is 4.21 Å². The molecule has 0 saturated carbocycles. The van der Waals surface area contributed by atoms with E-state index in [1.165, 1.54) is 30.6 Å². The molecule has 0 radical (unpaired) electrons. The normalized spacial score (nSPS) is 12.1. The Balaban J connectivity index is 2.35. The molecule has 2 aromatic heterocycles. The zero-order valence-corrected chi connectivity index (χ0v) is 12.6. The maximum absolute atomic E-state index is 12.2. The standard InChI is InChI=1S/C11H8BrNO4S2/c12-9-2-4-11(18-9)19(16,17)13-6-5-8(7-13)1-3-10(14)15/h1-7H,(H,14,15)/b3-1+. The molecule has 1 N–H and O–H groups in total. The Morgan fingerprint density at radius 2 is 2.11 bits per heavy atom. The van der Waals surface area contributed by atoms with E-state index in [0.29, 0.717) is 5.56 Å². The summed E-state index contributed by atoms with van der Waals surface area (Å²) < 4.78 is 26.4. The first-order chi connectivity index (χ1) is 8.89. The van der Waals surface area contributed by atoms with Crippen molar-refractivity contribution in [3.63, 3.8) is 0 Å². The molecule has 0 aliphatic carbocycles. The van der Waals surface area contributed by atoms with Gasteiger partial charge >= 0.3 is 5.97 Å². The molecule has 0 aromatic carbocycles. The minimum absolute atomic E-state index is 0.212. The lowest BCUT2D eigenvalue weighted by atomic mass is 10.3. The number of carbonyl (C=O) groups is 1. The van der Waals surface area contributed by atoms with Crippen LogP contribution in [0.2, 0.25) is 0 Å². The summed E-state index contributed by atoms with van der Waals surface area (Å²) in [6, 6.07) is 4.70. The Labute approximate surface area is 122 Å². The maximum atomic E-state index is 12.2. The van der Waals surface area contributed by atoms with Gasteiger partial charge in [-0.15, -0.1) is 11.3 Å². The summed E-state index contributed by atoms with van der Waals surface area (Å²) in [5.74, 6) is -1.09. The zero-order valence-electron chi connectivity index (χ0n) is 9.36. The molecule has 0 atom stereocenters. The average molecular weight is 362 g/mol. The van der Waals surface area contributed by atoms with Gasteiger partial charge in [-0.2, -0.15) is 8.42 Å². The van der Waals surface area contributed by atoms with Crippen LogP contribution in [0, 0.1) is 0 Å². The van der Waals surface area contributed by atoms with E-state index < -0.39 is 16.0 Å². The van der Waals surface area contributed by atoms with E-state index in [-0.39, 0.29) is 4.21 Å². The van der Waals surface area contributed by atoms with Gasteiger partial charge in [-0.1, -0.05) is 0 Å². The van der Waals surface area contributed by atoms with Crippen molar-refractivity contribution in [3.05, 3.63) is 46.0 Å². The molecule has 0 aliphatic heterocycles. The number of carboxylic acids is 1. The quantitative estimate of drug-likeness (QED) is 0.849. The van der Waals surface area contributed by atoms with Gasteiger partial charge in [-0.3, -0.25) is 0 Å². The second kappa shape index (κ2) is 5.32. The molecule has 5 nitrogen and oxygen atoms in total. The Morgan fingerprint density at radius 3 is 2.68 bits per heavy atom. The van der Waals surface area contributed by atoms with Crippen LogP contribution in [0.25, 0.3) is 6.08 Å². The molecule has 0 unspecified atom stereocenters. The van der Waals surface area contributed by atoms with Gasteiger partial charge in [0.05, 0.1) is 3.79 Å². The van der Waals surface area contributed by atoms with Crippen molar-refractivity contribution < 1.29 is 18.3 Å². The third kappa shape index (κ3) is 3.14. The number of halogens is 1. The van der Waals surface area contributed by atoms with Crippen molar-refractivity contribution in [2.75, 3.05) is 0 Å². The molecule has 0 amide bonds. The predicted molar refractivity (Wildman–Crippen MR) is 75.7 cm³/mol. The molecule has 2 heterocycles. The molecular formula is C11H8BrNO4S2. The largest absolute Gasteiger partial charge is 0.478 e. The van der Waals surface area contributed by atoms with E-state index in [1.54, 1.807) is 6.07 Å². The van der Waals surface area contributed by atoms with Crippen molar-refractivity contribution in [1.82, 2.24) is 3.97 Å². The second-order valence-corrected chi connectivity index (χ2v) is 8.04. The van der Waals surface area contributed by atoms with Crippen molar-refractivity contribution >= 4 is 49.3 Å². The molecular weight excluding hydrogens is 354 g/mol. The third-order valence-corrected chi connectivity index (χ3v) is 5.92. The summed E-state index contributed by atoms with van der Waals surface area (Å²) in [5, 5.41) is 8.51. The summed E-state index contributed by atoms with van der Waals surface area (Å²) in [6.45, 7) is 0. The highest BCUT2D eigenvalue weighted by Crippen LogP contribution is 2.27. The molecule has 0 bridgehead atoms. The topological polar surface area (TPSA) is 76.4 Å².